The highest BCUT2D eigenvalue weighted by molar-refractivity contribution is 6.30. The molecule has 4 rings (SSSR count). The molecule has 2 aromatic carbocycles. The Morgan fingerprint density at radius 1 is 1.04 bits per heavy atom. The number of benzene rings is 2. The third-order valence-corrected chi connectivity index (χ3v) is 5.12. The first-order chi connectivity index (χ1) is 13.2. The molecule has 2 heterocycles. The lowest BCUT2D eigenvalue weighted by molar-refractivity contribution is 0.148. The molecular weight excluding hydrogens is 366 g/mol. The van der Waals surface area contributed by atoms with Gasteiger partial charge in [-0.15, -0.1) is 0 Å². The van der Waals surface area contributed by atoms with E-state index >= 15 is 0 Å². The standard InChI is InChI=1S/C20H22ClN3O3/c21-16-3-1-2-15(12-16)6-7-23-8-10-24(11-9-23)20(25)22-17-4-5-18-19(13-17)27-14-26-18/h1-5,12-13H,6-11,14H2,(H,22,25). The van der Waals surface area contributed by atoms with Gasteiger partial charge in [-0.3, -0.25) is 4.90 Å². The molecule has 6 nitrogen and oxygen atoms in total. The molecule has 0 aromatic heterocycles. The van der Waals surface area contributed by atoms with Crippen LogP contribution in [0.3, 0.4) is 0 Å². The largest absolute Gasteiger partial charge is 0.454 e. The van der Waals surface area contributed by atoms with E-state index in [1.165, 1.54) is 5.56 Å². The van der Waals surface area contributed by atoms with Gasteiger partial charge < -0.3 is 19.7 Å². The van der Waals surface area contributed by atoms with Crippen molar-refractivity contribution in [1.82, 2.24) is 9.80 Å². The van der Waals surface area contributed by atoms with Crippen molar-refractivity contribution in [1.29, 1.82) is 0 Å². The van der Waals surface area contributed by atoms with E-state index in [1.54, 1.807) is 6.07 Å². The summed E-state index contributed by atoms with van der Waals surface area (Å²) >= 11 is 6.04. The number of piperazine rings is 1. The second-order valence-electron chi connectivity index (χ2n) is 6.71. The molecule has 7 heteroatoms. The van der Waals surface area contributed by atoms with E-state index in [1.807, 2.05) is 35.2 Å². The van der Waals surface area contributed by atoms with Gasteiger partial charge in [0.25, 0.3) is 0 Å². The van der Waals surface area contributed by atoms with Gasteiger partial charge in [-0.25, -0.2) is 4.79 Å². The molecule has 1 saturated heterocycles. The number of urea groups is 1. The third-order valence-electron chi connectivity index (χ3n) is 4.89. The van der Waals surface area contributed by atoms with Crippen LogP contribution in [-0.2, 0) is 6.42 Å². The fourth-order valence-corrected chi connectivity index (χ4v) is 3.54. The summed E-state index contributed by atoms with van der Waals surface area (Å²) in [5, 5.41) is 3.71. The first-order valence-electron chi connectivity index (χ1n) is 9.10. The van der Waals surface area contributed by atoms with Gasteiger partial charge in [0.05, 0.1) is 0 Å². The number of nitrogens with one attached hydrogen (secondary N) is 1. The molecule has 27 heavy (non-hydrogen) atoms. The van der Waals surface area contributed by atoms with E-state index in [2.05, 4.69) is 16.3 Å². The molecule has 0 radical (unpaired) electrons. The van der Waals surface area contributed by atoms with E-state index in [-0.39, 0.29) is 12.8 Å². The lowest BCUT2D eigenvalue weighted by Gasteiger charge is -2.34. The Labute approximate surface area is 163 Å². The fraction of sp³-hybridized carbons (Fsp3) is 0.350. The van der Waals surface area contributed by atoms with E-state index in [9.17, 15) is 4.79 Å². The van der Waals surface area contributed by atoms with Crippen LogP contribution >= 0.6 is 11.6 Å². The first-order valence-corrected chi connectivity index (χ1v) is 9.47. The van der Waals surface area contributed by atoms with Gasteiger partial charge in [0, 0.05) is 49.5 Å². The zero-order chi connectivity index (χ0) is 18.6. The smallest absolute Gasteiger partial charge is 0.321 e. The SMILES string of the molecule is O=C(Nc1ccc2c(c1)OCO2)N1CCN(CCc2cccc(Cl)c2)CC1. The maximum absolute atomic E-state index is 12.5. The van der Waals surface area contributed by atoms with Crippen LogP contribution < -0.4 is 14.8 Å². The van der Waals surface area contributed by atoms with Gasteiger partial charge in [-0.2, -0.15) is 0 Å². The number of ether oxygens (including phenoxy) is 2. The Morgan fingerprint density at radius 2 is 1.85 bits per heavy atom. The van der Waals surface area contributed by atoms with Gasteiger partial charge in [-0.1, -0.05) is 23.7 Å². The second kappa shape index (κ2) is 8.06. The van der Waals surface area contributed by atoms with Crippen LogP contribution in [0.4, 0.5) is 10.5 Å². The number of halogens is 1. The van der Waals surface area contributed by atoms with Gasteiger partial charge >= 0.3 is 6.03 Å². The number of nitrogens with zero attached hydrogens (tertiary/aromatic N) is 2. The molecule has 142 valence electrons. The van der Waals surface area contributed by atoms with E-state index in [0.29, 0.717) is 30.3 Å². The minimum Gasteiger partial charge on any atom is -0.454 e. The summed E-state index contributed by atoms with van der Waals surface area (Å²) in [5.74, 6) is 1.37. The van der Waals surface area contributed by atoms with Crippen molar-refractivity contribution < 1.29 is 14.3 Å². The van der Waals surface area contributed by atoms with Gasteiger partial charge in [0.1, 0.15) is 0 Å². The Kier molecular flexibility index (Phi) is 5.36. The van der Waals surface area contributed by atoms with Gasteiger partial charge in [-0.05, 0) is 36.2 Å². The minimum absolute atomic E-state index is 0.0802. The minimum atomic E-state index is -0.0802. The van der Waals surface area contributed by atoms with Crippen LogP contribution in [-0.4, -0.2) is 55.3 Å². The summed E-state index contributed by atoms with van der Waals surface area (Å²) in [6.07, 6.45) is 0.962. The Morgan fingerprint density at radius 3 is 2.67 bits per heavy atom. The van der Waals surface area contributed by atoms with E-state index < -0.39 is 0 Å². The van der Waals surface area contributed by atoms with Crippen molar-refractivity contribution >= 4 is 23.3 Å². The highest BCUT2D eigenvalue weighted by Gasteiger charge is 2.22. The Bertz CT molecular complexity index is 822. The highest BCUT2D eigenvalue weighted by atomic mass is 35.5. The quantitative estimate of drug-likeness (QED) is 0.872. The van der Waals surface area contributed by atoms with Crippen LogP contribution in [0.25, 0.3) is 0 Å². The van der Waals surface area contributed by atoms with E-state index in [4.69, 9.17) is 21.1 Å². The topological polar surface area (TPSA) is 54.0 Å². The van der Waals surface area contributed by atoms with Gasteiger partial charge in [0.2, 0.25) is 6.79 Å². The molecule has 0 spiro atoms. The average molecular weight is 388 g/mol. The van der Waals surface area contributed by atoms with Crippen molar-refractivity contribution in [2.45, 2.75) is 6.42 Å². The molecule has 2 amide bonds. The number of hydrogen-bond donors (Lipinski definition) is 1. The van der Waals surface area contributed by atoms with Crippen molar-refractivity contribution in [2.24, 2.45) is 0 Å². The predicted octanol–water partition coefficient (Wildman–Crippen LogP) is 3.46. The monoisotopic (exact) mass is 387 g/mol. The molecule has 0 atom stereocenters. The molecule has 0 aliphatic carbocycles. The number of amides is 2. The van der Waals surface area contributed by atoms with Crippen LogP contribution in [0.2, 0.25) is 5.02 Å². The van der Waals surface area contributed by atoms with Crippen LogP contribution in [0.1, 0.15) is 5.56 Å². The molecule has 0 unspecified atom stereocenters. The first kappa shape index (κ1) is 17.9. The van der Waals surface area contributed by atoms with Crippen LogP contribution in [0, 0.1) is 0 Å². The molecular formula is C20H22ClN3O3. The van der Waals surface area contributed by atoms with Crippen LogP contribution in [0.15, 0.2) is 42.5 Å². The number of fused-ring (bicyclic) bond motifs is 1. The molecule has 1 N–H and O–H groups in total. The summed E-state index contributed by atoms with van der Waals surface area (Å²) in [6.45, 7) is 4.37. The van der Waals surface area contributed by atoms with Crippen molar-refractivity contribution in [2.75, 3.05) is 44.8 Å². The summed E-state index contributed by atoms with van der Waals surface area (Å²) in [6, 6.07) is 13.3. The summed E-state index contributed by atoms with van der Waals surface area (Å²) in [5.41, 5.74) is 1.96. The maximum Gasteiger partial charge on any atom is 0.321 e. The normalized spacial score (nSPS) is 16.4. The summed E-state index contributed by atoms with van der Waals surface area (Å²) in [7, 11) is 0. The third kappa shape index (κ3) is 4.46. The lowest BCUT2D eigenvalue weighted by atomic mass is 10.1. The lowest BCUT2D eigenvalue weighted by Crippen LogP contribution is -2.50. The van der Waals surface area contributed by atoms with Crippen molar-refractivity contribution in [3.05, 3.63) is 53.1 Å². The Balaban J connectivity index is 1.24. The Hall–Kier alpha value is -2.44. The number of carbonyl (C=O) groups is 1. The number of hydrogen-bond acceptors (Lipinski definition) is 4. The van der Waals surface area contributed by atoms with E-state index in [0.717, 1.165) is 31.1 Å². The van der Waals surface area contributed by atoms with Crippen molar-refractivity contribution in [3.8, 4) is 11.5 Å². The molecule has 0 bridgehead atoms. The number of rotatable bonds is 4. The van der Waals surface area contributed by atoms with Crippen molar-refractivity contribution in [3.63, 3.8) is 0 Å². The molecule has 2 aromatic rings. The summed E-state index contributed by atoms with van der Waals surface area (Å²) < 4.78 is 10.6. The number of carbonyl (C=O) groups excluding carboxylic acids is 1. The molecule has 0 saturated carbocycles. The van der Waals surface area contributed by atoms with Crippen LogP contribution in [0.5, 0.6) is 11.5 Å². The summed E-state index contributed by atoms with van der Waals surface area (Å²) in [4.78, 5) is 16.7. The maximum atomic E-state index is 12.5. The fourth-order valence-electron chi connectivity index (χ4n) is 3.33. The molecule has 2 aliphatic heterocycles. The highest BCUT2D eigenvalue weighted by Crippen LogP contribution is 2.34. The molecule has 1 fully saturated rings. The average Bonchev–Trinajstić information content (AvgIpc) is 3.15. The number of anilines is 1. The zero-order valence-corrected chi connectivity index (χ0v) is 15.7. The second-order valence-corrected chi connectivity index (χ2v) is 7.14. The molecule has 2 aliphatic rings. The van der Waals surface area contributed by atoms with Gasteiger partial charge in [0.15, 0.2) is 11.5 Å². The predicted molar refractivity (Wildman–Crippen MR) is 105 cm³/mol. The zero-order valence-electron chi connectivity index (χ0n) is 15.0.